The molecule has 2 aliphatic carbocycles. The second-order valence-corrected chi connectivity index (χ2v) is 11.1. The highest BCUT2D eigenvalue weighted by atomic mass is 16.4. The van der Waals surface area contributed by atoms with Crippen molar-refractivity contribution in [2.24, 2.45) is 0 Å². The zero-order valence-electron chi connectivity index (χ0n) is 23.2. The Morgan fingerprint density at radius 3 is 1.51 bits per heavy atom. The molecule has 0 amide bonds. The van der Waals surface area contributed by atoms with E-state index < -0.39 is 0 Å². The van der Waals surface area contributed by atoms with Crippen LogP contribution in [0.25, 0.3) is 44.8 Å². The molecule has 3 nitrogen and oxygen atoms in total. The van der Waals surface area contributed by atoms with Gasteiger partial charge in [-0.15, -0.1) is 10.2 Å². The van der Waals surface area contributed by atoms with E-state index in [0.717, 1.165) is 31.2 Å². The summed E-state index contributed by atoms with van der Waals surface area (Å²) >= 11 is 0. The lowest BCUT2D eigenvalue weighted by Gasteiger charge is -2.31. The van der Waals surface area contributed by atoms with Gasteiger partial charge in [-0.25, -0.2) is 0 Å². The van der Waals surface area contributed by atoms with Crippen LogP contribution in [-0.2, 0) is 10.8 Å². The smallest absolute Gasteiger partial charge is 0.247 e. The fourth-order valence-corrected chi connectivity index (χ4v) is 7.77. The Kier molecular flexibility index (Phi) is 5.42. The summed E-state index contributed by atoms with van der Waals surface area (Å²) in [5.41, 5.74) is 14.9. The van der Waals surface area contributed by atoms with Crippen molar-refractivity contribution in [3.63, 3.8) is 0 Å². The summed E-state index contributed by atoms with van der Waals surface area (Å²) in [5, 5.41) is 8.06. The first kappa shape index (κ1) is 24.1. The van der Waals surface area contributed by atoms with Crippen molar-refractivity contribution in [3.8, 4) is 44.8 Å². The average molecular weight is 511 g/mol. The maximum atomic E-state index is 5.54. The summed E-state index contributed by atoms with van der Waals surface area (Å²) in [6.07, 6.45) is 5.68. The highest BCUT2D eigenvalue weighted by molar-refractivity contribution is 5.87. The van der Waals surface area contributed by atoms with Crippen LogP contribution in [-0.4, -0.2) is 10.2 Å². The summed E-state index contributed by atoms with van der Waals surface area (Å²) in [5.74, 6) is 0.574. The fraction of sp³-hybridized carbons (Fsp3) is 0.278. The molecule has 2 aliphatic rings. The van der Waals surface area contributed by atoms with E-state index in [1.165, 1.54) is 62.0 Å². The molecule has 0 bridgehead atoms. The van der Waals surface area contributed by atoms with Crippen molar-refractivity contribution in [2.75, 3.05) is 0 Å². The van der Waals surface area contributed by atoms with E-state index in [2.05, 4.69) is 117 Å². The first-order valence-corrected chi connectivity index (χ1v) is 14.4. The van der Waals surface area contributed by atoms with Gasteiger partial charge in [-0.05, 0) is 106 Å². The average Bonchev–Trinajstić information content (AvgIpc) is 3.70. The van der Waals surface area contributed by atoms with Gasteiger partial charge in [-0.3, -0.25) is 0 Å². The van der Waals surface area contributed by atoms with Crippen molar-refractivity contribution in [1.82, 2.24) is 10.2 Å². The minimum Gasteiger partial charge on any atom is -0.423 e. The second-order valence-electron chi connectivity index (χ2n) is 11.1. The predicted octanol–water partition coefficient (Wildman–Crippen LogP) is 9.58. The van der Waals surface area contributed by atoms with E-state index in [0.29, 0.717) is 5.89 Å². The standard InChI is InChI=1S/C36H34N2O/c1-5-35(6-2)30-12-10-9-11-26(30)27-16-13-23(19-31(27)35)24-14-17-28-29-18-15-25(34-38-37-22-39-34)21-33(29)36(7-3,8-4)32(28)20-24/h9-22H,5-8H2,1-4H3. The first-order chi connectivity index (χ1) is 19.1. The Morgan fingerprint density at radius 1 is 0.538 bits per heavy atom. The first-order valence-electron chi connectivity index (χ1n) is 14.4. The lowest BCUT2D eigenvalue weighted by atomic mass is 9.72. The van der Waals surface area contributed by atoms with Crippen LogP contribution in [0, 0.1) is 0 Å². The predicted molar refractivity (Wildman–Crippen MR) is 159 cm³/mol. The Hall–Kier alpha value is -3.98. The molecule has 0 fully saturated rings. The van der Waals surface area contributed by atoms with Crippen LogP contribution in [0.3, 0.4) is 0 Å². The Labute approximate surface area is 230 Å². The third kappa shape index (κ3) is 3.16. The number of hydrogen-bond acceptors (Lipinski definition) is 3. The summed E-state index contributed by atoms with van der Waals surface area (Å²) in [7, 11) is 0. The van der Waals surface area contributed by atoms with Crippen molar-refractivity contribution in [2.45, 2.75) is 64.2 Å². The number of rotatable bonds is 6. The second kappa shape index (κ2) is 8.77. The SMILES string of the molecule is CCC1(CC)c2ccccc2-c2ccc(-c3ccc4c(c3)C(CC)(CC)c3cc(-c5nnco5)ccc3-4)cc21. The Balaban J connectivity index is 1.37. The molecule has 1 heterocycles. The van der Waals surface area contributed by atoms with Crippen molar-refractivity contribution in [3.05, 3.63) is 108 Å². The van der Waals surface area contributed by atoms with Crippen LogP contribution < -0.4 is 0 Å². The molecule has 194 valence electrons. The lowest BCUT2D eigenvalue weighted by molar-refractivity contribution is 0.490. The quantitative estimate of drug-likeness (QED) is 0.228. The molecule has 0 unspecified atom stereocenters. The summed E-state index contributed by atoms with van der Waals surface area (Å²) in [6, 6.07) is 29.9. The third-order valence-corrected chi connectivity index (χ3v) is 9.98. The molecule has 0 N–H and O–H groups in total. The van der Waals surface area contributed by atoms with E-state index in [-0.39, 0.29) is 10.8 Å². The summed E-state index contributed by atoms with van der Waals surface area (Å²) in [6.45, 7) is 9.32. The van der Waals surface area contributed by atoms with Gasteiger partial charge < -0.3 is 4.42 Å². The molecule has 0 radical (unpaired) electrons. The molecule has 1 aromatic heterocycles. The molecule has 0 saturated heterocycles. The van der Waals surface area contributed by atoms with Gasteiger partial charge in [0, 0.05) is 16.4 Å². The van der Waals surface area contributed by atoms with Gasteiger partial charge in [0.15, 0.2) is 0 Å². The van der Waals surface area contributed by atoms with Gasteiger partial charge in [0.25, 0.3) is 0 Å². The molecule has 0 aliphatic heterocycles. The van der Waals surface area contributed by atoms with E-state index in [4.69, 9.17) is 4.42 Å². The zero-order valence-corrected chi connectivity index (χ0v) is 23.2. The van der Waals surface area contributed by atoms with E-state index in [1.807, 2.05) is 0 Å². The zero-order chi connectivity index (χ0) is 26.8. The van der Waals surface area contributed by atoms with Gasteiger partial charge >= 0.3 is 0 Å². The minimum atomic E-state index is -0.0414. The van der Waals surface area contributed by atoms with Gasteiger partial charge in [0.05, 0.1) is 0 Å². The number of hydrogen-bond donors (Lipinski definition) is 0. The minimum absolute atomic E-state index is 0.0414. The fourth-order valence-electron chi connectivity index (χ4n) is 7.77. The van der Waals surface area contributed by atoms with Crippen LogP contribution in [0.1, 0.15) is 75.6 Å². The highest BCUT2D eigenvalue weighted by Gasteiger charge is 2.42. The van der Waals surface area contributed by atoms with E-state index in [9.17, 15) is 0 Å². The van der Waals surface area contributed by atoms with Crippen LogP contribution in [0.15, 0.2) is 89.7 Å². The van der Waals surface area contributed by atoms with Crippen molar-refractivity contribution >= 4 is 0 Å². The van der Waals surface area contributed by atoms with Crippen LogP contribution >= 0.6 is 0 Å². The molecule has 0 saturated carbocycles. The van der Waals surface area contributed by atoms with Gasteiger partial charge in [-0.2, -0.15) is 0 Å². The molecule has 7 rings (SSSR count). The molecule has 4 aromatic carbocycles. The number of aromatic nitrogens is 2. The number of benzene rings is 4. The Bertz CT molecular complexity index is 1700. The molecule has 3 heteroatoms. The Morgan fingerprint density at radius 2 is 1.00 bits per heavy atom. The number of fused-ring (bicyclic) bond motifs is 6. The topological polar surface area (TPSA) is 38.9 Å². The van der Waals surface area contributed by atoms with E-state index >= 15 is 0 Å². The van der Waals surface area contributed by atoms with Crippen LogP contribution in [0.2, 0.25) is 0 Å². The van der Waals surface area contributed by atoms with Gasteiger partial charge in [-0.1, -0.05) is 82.3 Å². The van der Waals surface area contributed by atoms with Gasteiger partial charge in [0.1, 0.15) is 0 Å². The van der Waals surface area contributed by atoms with Crippen LogP contribution in [0.4, 0.5) is 0 Å². The highest BCUT2D eigenvalue weighted by Crippen LogP contribution is 2.56. The largest absolute Gasteiger partial charge is 0.423 e. The number of nitrogens with zero attached hydrogens (tertiary/aromatic N) is 2. The third-order valence-electron chi connectivity index (χ3n) is 9.98. The summed E-state index contributed by atoms with van der Waals surface area (Å²) < 4.78 is 5.54. The molecule has 0 spiro atoms. The molecular formula is C36H34N2O. The maximum Gasteiger partial charge on any atom is 0.247 e. The van der Waals surface area contributed by atoms with Gasteiger partial charge in [0.2, 0.25) is 12.3 Å². The molecule has 39 heavy (non-hydrogen) atoms. The monoisotopic (exact) mass is 510 g/mol. The van der Waals surface area contributed by atoms with Crippen LogP contribution in [0.5, 0.6) is 0 Å². The normalized spacial score (nSPS) is 15.5. The maximum absolute atomic E-state index is 5.54. The molecular weight excluding hydrogens is 476 g/mol. The summed E-state index contributed by atoms with van der Waals surface area (Å²) in [4.78, 5) is 0. The molecule has 5 aromatic rings. The van der Waals surface area contributed by atoms with Crippen molar-refractivity contribution < 1.29 is 4.42 Å². The lowest BCUT2D eigenvalue weighted by Crippen LogP contribution is -2.23. The van der Waals surface area contributed by atoms with E-state index in [1.54, 1.807) is 0 Å². The van der Waals surface area contributed by atoms with Crippen molar-refractivity contribution in [1.29, 1.82) is 0 Å². The molecule has 0 atom stereocenters.